The fourth-order valence-electron chi connectivity index (χ4n) is 3.10. The number of hydrogen-bond donors (Lipinski definition) is 1. The summed E-state index contributed by atoms with van der Waals surface area (Å²) in [6.45, 7) is 1.01. The number of fused-ring (bicyclic) bond motifs is 3. The normalized spacial score (nSPS) is 27.4. The lowest BCUT2D eigenvalue weighted by Crippen LogP contribution is -2.44. The number of anilines is 1. The third-order valence-corrected chi connectivity index (χ3v) is 3.82. The van der Waals surface area contributed by atoms with Crippen LogP contribution in [-0.4, -0.2) is 23.7 Å². The van der Waals surface area contributed by atoms with Crippen LogP contribution in [0, 0.1) is 5.92 Å². The van der Waals surface area contributed by atoms with E-state index in [4.69, 9.17) is 0 Å². The molecule has 3 heteroatoms. The summed E-state index contributed by atoms with van der Waals surface area (Å²) in [7, 11) is 0. The maximum absolute atomic E-state index is 11.3. The molecule has 1 N–H and O–H groups in total. The van der Waals surface area contributed by atoms with Crippen LogP contribution in [0.5, 0.6) is 0 Å². The first kappa shape index (κ1) is 9.70. The molecule has 0 unspecified atom stereocenters. The smallest absolute Gasteiger partial charge is 0.308 e. The Bertz CT molecular complexity index is 430. The summed E-state index contributed by atoms with van der Waals surface area (Å²) in [5.74, 6) is -0.871. The van der Waals surface area contributed by atoms with Crippen molar-refractivity contribution in [1.29, 1.82) is 0 Å². The number of hydrogen-bond acceptors (Lipinski definition) is 2. The quantitative estimate of drug-likeness (QED) is 0.781. The second kappa shape index (κ2) is 3.51. The Morgan fingerprint density at radius 3 is 3.00 bits per heavy atom. The zero-order valence-corrected chi connectivity index (χ0v) is 9.10. The maximum atomic E-state index is 11.3. The van der Waals surface area contributed by atoms with Crippen molar-refractivity contribution in [3.63, 3.8) is 0 Å². The molecule has 1 saturated heterocycles. The molecule has 0 radical (unpaired) electrons. The summed E-state index contributed by atoms with van der Waals surface area (Å²) in [5.41, 5.74) is 2.44. The third kappa shape index (κ3) is 1.31. The van der Waals surface area contributed by atoms with E-state index in [9.17, 15) is 9.90 Å². The fraction of sp³-hybridized carbons (Fsp3) is 0.462. The Morgan fingerprint density at radius 2 is 2.19 bits per heavy atom. The number of carbonyl (C=O) groups is 1. The zero-order valence-electron chi connectivity index (χ0n) is 9.10. The Hall–Kier alpha value is -1.51. The highest BCUT2D eigenvalue weighted by Gasteiger charge is 2.40. The van der Waals surface area contributed by atoms with Crippen molar-refractivity contribution in [3.05, 3.63) is 29.8 Å². The predicted molar refractivity (Wildman–Crippen MR) is 61.6 cm³/mol. The van der Waals surface area contributed by atoms with Crippen LogP contribution in [0.15, 0.2) is 24.3 Å². The second-order valence-electron chi connectivity index (χ2n) is 4.68. The van der Waals surface area contributed by atoms with Gasteiger partial charge in [-0.1, -0.05) is 18.2 Å². The number of benzene rings is 1. The molecule has 2 atom stereocenters. The number of nitrogens with zero attached hydrogens (tertiary/aromatic N) is 1. The van der Waals surface area contributed by atoms with Crippen molar-refractivity contribution >= 4 is 11.7 Å². The third-order valence-electron chi connectivity index (χ3n) is 3.82. The van der Waals surface area contributed by atoms with Crippen LogP contribution in [0.2, 0.25) is 0 Å². The summed E-state index contributed by atoms with van der Waals surface area (Å²) in [6.07, 6.45) is 2.82. The predicted octanol–water partition coefficient (Wildman–Crippen LogP) is 1.91. The molecule has 1 aromatic carbocycles. The Morgan fingerprint density at radius 1 is 1.38 bits per heavy atom. The molecular weight excluding hydrogens is 202 g/mol. The Balaban J connectivity index is 2.05. The molecule has 1 fully saturated rings. The van der Waals surface area contributed by atoms with E-state index in [1.807, 2.05) is 12.1 Å². The number of aliphatic carboxylic acids is 1. The molecule has 16 heavy (non-hydrogen) atoms. The number of rotatable bonds is 1. The Labute approximate surface area is 94.7 Å². The molecule has 0 amide bonds. The molecule has 1 aromatic rings. The largest absolute Gasteiger partial charge is 0.481 e. The number of carboxylic acids is 1. The van der Waals surface area contributed by atoms with Gasteiger partial charge in [-0.15, -0.1) is 0 Å². The van der Waals surface area contributed by atoms with Gasteiger partial charge in [0.2, 0.25) is 0 Å². The molecule has 84 valence electrons. The molecule has 3 nitrogen and oxygen atoms in total. The second-order valence-corrected chi connectivity index (χ2v) is 4.68. The monoisotopic (exact) mass is 217 g/mol. The van der Waals surface area contributed by atoms with E-state index < -0.39 is 5.97 Å². The summed E-state index contributed by atoms with van der Waals surface area (Å²) in [5, 5.41) is 9.28. The van der Waals surface area contributed by atoms with Gasteiger partial charge in [-0.3, -0.25) is 4.79 Å². The van der Waals surface area contributed by atoms with Gasteiger partial charge in [0, 0.05) is 18.3 Å². The highest BCUT2D eigenvalue weighted by atomic mass is 16.4. The van der Waals surface area contributed by atoms with E-state index in [2.05, 4.69) is 17.0 Å². The summed E-state index contributed by atoms with van der Waals surface area (Å²) < 4.78 is 0. The number of carboxylic acid groups (broad SMARTS) is 1. The van der Waals surface area contributed by atoms with Crippen molar-refractivity contribution < 1.29 is 9.90 Å². The van der Waals surface area contributed by atoms with Crippen LogP contribution in [0.1, 0.15) is 18.4 Å². The summed E-state index contributed by atoms with van der Waals surface area (Å²) in [6, 6.07) is 8.42. The Kier molecular flexibility index (Phi) is 2.13. The molecule has 0 aromatic heterocycles. The standard InChI is InChI=1S/C13H15NO2/c15-13(16)10-8-9-4-1-2-5-11(9)14-7-3-6-12(10)14/h1-2,4-5,10,12H,3,6-8H2,(H,15,16)/t10-,12+/m1/s1. The number of para-hydroxylation sites is 1. The fourth-order valence-corrected chi connectivity index (χ4v) is 3.10. The van der Waals surface area contributed by atoms with Crippen LogP contribution in [0.3, 0.4) is 0 Å². The van der Waals surface area contributed by atoms with Gasteiger partial charge in [-0.2, -0.15) is 0 Å². The first-order valence-corrected chi connectivity index (χ1v) is 5.85. The van der Waals surface area contributed by atoms with Crippen LogP contribution >= 0.6 is 0 Å². The molecule has 3 rings (SSSR count). The van der Waals surface area contributed by atoms with E-state index in [-0.39, 0.29) is 12.0 Å². The molecule has 2 aliphatic heterocycles. The topological polar surface area (TPSA) is 40.5 Å². The summed E-state index contributed by atoms with van der Waals surface area (Å²) in [4.78, 5) is 13.6. The van der Waals surface area contributed by atoms with Gasteiger partial charge in [-0.25, -0.2) is 0 Å². The molecule has 2 heterocycles. The van der Waals surface area contributed by atoms with Crippen molar-refractivity contribution in [3.8, 4) is 0 Å². The van der Waals surface area contributed by atoms with Crippen LogP contribution in [0.4, 0.5) is 5.69 Å². The minimum Gasteiger partial charge on any atom is -0.481 e. The minimum atomic E-state index is -0.647. The van der Waals surface area contributed by atoms with E-state index in [0.717, 1.165) is 19.4 Å². The van der Waals surface area contributed by atoms with Gasteiger partial charge in [-0.05, 0) is 30.9 Å². The lowest BCUT2D eigenvalue weighted by molar-refractivity contribution is -0.142. The first-order valence-electron chi connectivity index (χ1n) is 5.85. The lowest BCUT2D eigenvalue weighted by Gasteiger charge is -2.37. The van der Waals surface area contributed by atoms with E-state index in [1.165, 1.54) is 11.3 Å². The van der Waals surface area contributed by atoms with Gasteiger partial charge in [0.1, 0.15) is 0 Å². The van der Waals surface area contributed by atoms with Crippen molar-refractivity contribution in [2.75, 3.05) is 11.4 Å². The van der Waals surface area contributed by atoms with Crippen LogP contribution < -0.4 is 4.90 Å². The molecule has 0 spiro atoms. The van der Waals surface area contributed by atoms with E-state index in [0.29, 0.717) is 6.42 Å². The molecule has 0 bridgehead atoms. The average Bonchev–Trinajstić information content (AvgIpc) is 2.76. The average molecular weight is 217 g/mol. The zero-order chi connectivity index (χ0) is 11.1. The van der Waals surface area contributed by atoms with Crippen molar-refractivity contribution in [1.82, 2.24) is 0 Å². The summed E-state index contributed by atoms with van der Waals surface area (Å²) >= 11 is 0. The van der Waals surface area contributed by atoms with Gasteiger partial charge in [0.25, 0.3) is 0 Å². The van der Waals surface area contributed by atoms with Gasteiger partial charge < -0.3 is 10.0 Å². The minimum absolute atomic E-state index is 0.215. The molecular formula is C13H15NO2. The van der Waals surface area contributed by atoms with Gasteiger partial charge >= 0.3 is 5.97 Å². The SMILES string of the molecule is O=C(O)[C@@H]1Cc2ccccc2N2CCC[C@@H]12. The lowest BCUT2D eigenvalue weighted by atomic mass is 9.86. The maximum Gasteiger partial charge on any atom is 0.308 e. The highest BCUT2D eigenvalue weighted by molar-refractivity contribution is 5.75. The van der Waals surface area contributed by atoms with E-state index >= 15 is 0 Å². The van der Waals surface area contributed by atoms with Crippen LogP contribution in [-0.2, 0) is 11.2 Å². The van der Waals surface area contributed by atoms with Crippen molar-refractivity contribution in [2.45, 2.75) is 25.3 Å². The van der Waals surface area contributed by atoms with Crippen molar-refractivity contribution in [2.24, 2.45) is 5.92 Å². The first-order chi connectivity index (χ1) is 7.77. The van der Waals surface area contributed by atoms with Gasteiger partial charge in [0.15, 0.2) is 0 Å². The van der Waals surface area contributed by atoms with Gasteiger partial charge in [0.05, 0.1) is 5.92 Å². The highest BCUT2D eigenvalue weighted by Crippen LogP contribution is 2.38. The molecule has 2 aliphatic rings. The van der Waals surface area contributed by atoms with Crippen LogP contribution in [0.25, 0.3) is 0 Å². The molecule has 0 saturated carbocycles. The molecule has 0 aliphatic carbocycles. The van der Waals surface area contributed by atoms with E-state index in [1.54, 1.807) is 0 Å².